The first kappa shape index (κ1) is 12.8. The van der Waals surface area contributed by atoms with Crippen LogP contribution in [0, 0.1) is 5.82 Å². The van der Waals surface area contributed by atoms with Crippen molar-refractivity contribution in [3.63, 3.8) is 0 Å². The van der Waals surface area contributed by atoms with Gasteiger partial charge in [0.15, 0.2) is 0 Å². The highest BCUT2D eigenvalue weighted by Crippen LogP contribution is 2.20. The summed E-state index contributed by atoms with van der Waals surface area (Å²) in [6, 6.07) is 8.91. The second kappa shape index (κ2) is 5.78. The summed E-state index contributed by atoms with van der Waals surface area (Å²) < 4.78 is 15.5. The summed E-state index contributed by atoms with van der Waals surface area (Å²) in [5, 5.41) is 7.48. The summed E-state index contributed by atoms with van der Waals surface area (Å²) in [6.45, 7) is 2.73. The fourth-order valence-corrected chi connectivity index (χ4v) is 2.03. The molecule has 0 bridgehead atoms. The number of aryl methyl sites for hydroxylation is 1. The minimum atomic E-state index is -0.151. The summed E-state index contributed by atoms with van der Waals surface area (Å²) in [4.78, 5) is 0. The van der Waals surface area contributed by atoms with Crippen LogP contribution in [0.2, 0.25) is 0 Å². The second-order valence-corrected chi connectivity index (χ2v) is 4.31. The molecule has 2 aromatic rings. The molecule has 1 aromatic heterocycles. The van der Waals surface area contributed by atoms with Crippen LogP contribution in [0.5, 0.6) is 0 Å². The molecule has 0 spiro atoms. The molecule has 0 aliphatic heterocycles. The van der Waals surface area contributed by atoms with E-state index in [4.69, 9.17) is 0 Å². The lowest BCUT2D eigenvalue weighted by Crippen LogP contribution is -2.22. The van der Waals surface area contributed by atoms with Gasteiger partial charge in [0.2, 0.25) is 0 Å². The zero-order valence-corrected chi connectivity index (χ0v) is 10.7. The van der Waals surface area contributed by atoms with E-state index in [1.807, 2.05) is 36.9 Å². The van der Waals surface area contributed by atoms with Gasteiger partial charge in [-0.1, -0.05) is 25.1 Å². The van der Waals surface area contributed by atoms with Crippen LogP contribution in [0.25, 0.3) is 0 Å². The normalized spacial score (nSPS) is 12.6. The molecule has 0 amide bonds. The zero-order chi connectivity index (χ0) is 13.0. The van der Waals surface area contributed by atoms with E-state index in [1.165, 1.54) is 6.07 Å². The fourth-order valence-electron chi connectivity index (χ4n) is 2.03. The van der Waals surface area contributed by atoms with Crippen molar-refractivity contribution in [2.75, 3.05) is 0 Å². The molecule has 0 radical (unpaired) electrons. The van der Waals surface area contributed by atoms with Gasteiger partial charge in [-0.3, -0.25) is 4.68 Å². The Hall–Kier alpha value is -1.68. The third-order valence-electron chi connectivity index (χ3n) is 3.14. The van der Waals surface area contributed by atoms with E-state index in [2.05, 4.69) is 10.4 Å². The quantitative estimate of drug-likeness (QED) is 0.880. The van der Waals surface area contributed by atoms with Crippen LogP contribution in [0.1, 0.15) is 30.6 Å². The molecule has 0 saturated heterocycles. The number of benzene rings is 1. The smallest absolute Gasteiger partial charge is 0.127 e. The monoisotopic (exact) mass is 247 g/mol. The maximum absolute atomic E-state index is 13.7. The highest BCUT2D eigenvalue weighted by Gasteiger charge is 2.13. The van der Waals surface area contributed by atoms with Crippen molar-refractivity contribution < 1.29 is 4.39 Å². The SMILES string of the molecule is CC[C@@H](NCc1ccnn1C)c1ccccc1F. The summed E-state index contributed by atoms with van der Waals surface area (Å²) in [5.74, 6) is -0.151. The zero-order valence-electron chi connectivity index (χ0n) is 10.7. The van der Waals surface area contributed by atoms with Gasteiger partial charge in [0.1, 0.15) is 5.82 Å². The van der Waals surface area contributed by atoms with Crippen LogP contribution in [0.4, 0.5) is 4.39 Å². The minimum Gasteiger partial charge on any atom is -0.304 e. The van der Waals surface area contributed by atoms with Crippen molar-refractivity contribution in [1.29, 1.82) is 0 Å². The van der Waals surface area contributed by atoms with Gasteiger partial charge in [-0.2, -0.15) is 5.10 Å². The van der Waals surface area contributed by atoms with Crippen molar-refractivity contribution in [1.82, 2.24) is 15.1 Å². The van der Waals surface area contributed by atoms with Gasteiger partial charge in [0.25, 0.3) is 0 Å². The topological polar surface area (TPSA) is 29.9 Å². The molecule has 4 heteroatoms. The van der Waals surface area contributed by atoms with Crippen LogP contribution in [-0.2, 0) is 13.6 Å². The van der Waals surface area contributed by atoms with Gasteiger partial charge < -0.3 is 5.32 Å². The number of hydrogen-bond donors (Lipinski definition) is 1. The maximum atomic E-state index is 13.7. The largest absolute Gasteiger partial charge is 0.304 e. The number of rotatable bonds is 5. The molecular formula is C14H18FN3. The Kier molecular flexibility index (Phi) is 4.10. The Morgan fingerprint density at radius 2 is 2.11 bits per heavy atom. The Balaban J connectivity index is 2.07. The first-order chi connectivity index (χ1) is 8.72. The molecule has 2 rings (SSSR count). The van der Waals surface area contributed by atoms with E-state index >= 15 is 0 Å². The first-order valence-corrected chi connectivity index (χ1v) is 6.17. The van der Waals surface area contributed by atoms with Gasteiger partial charge in [0, 0.05) is 31.4 Å². The van der Waals surface area contributed by atoms with E-state index in [9.17, 15) is 4.39 Å². The van der Waals surface area contributed by atoms with E-state index in [0.717, 1.165) is 17.7 Å². The lowest BCUT2D eigenvalue weighted by molar-refractivity contribution is 0.477. The Morgan fingerprint density at radius 1 is 1.33 bits per heavy atom. The van der Waals surface area contributed by atoms with Crippen molar-refractivity contribution in [2.24, 2.45) is 7.05 Å². The summed E-state index contributed by atoms with van der Waals surface area (Å²) >= 11 is 0. The molecule has 0 unspecified atom stereocenters. The van der Waals surface area contributed by atoms with E-state index < -0.39 is 0 Å². The van der Waals surface area contributed by atoms with E-state index in [0.29, 0.717) is 6.54 Å². The van der Waals surface area contributed by atoms with Gasteiger partial charge in [-0.15, -0.1) is 0 Å². The maximum Gasteiger partial charge on any atom is 0.127 e. The molecule has 0 aliphatic carbocycles. The van der Waals surface area contributed by atoms with E-state index in [1.54, 1.807) is 12.3 Å². The standard InChI is InChI=1S/C14H18FN3/c1-3-14(12-6-4-5-7-13(12)15)16-10-11-8-9-17-18(11)2/h4-9,14,16H,3,10H2,1-2H3/t14-/m1/s1. The molecule has 1 N–H and O–H groups in total. The second-order valence-electron chi connectivity index (χ2n) is 4.31. The molecule has 0 saturated carbocycles. The molecule has 0 aliphatic rings. The van der Waals surface area contributed by atoms with Gasteiger partial charge in [-0.25, -0.2) is 4.39 Å². The summed E-state index contributed by atoms with van der Waals surface area (Å²) in [5.41, 5.74) is 1.81. The molecule has 96 valence electrons. The lowest BCUT2D eigenvalue weighted by Gasteiger charge is -2.18. The van der Waals surface area contributed by atoms with Crippen LogP contribution in [-0.4, -0.2) is 9.78 Å². The molecule has 0 fully saturated rings. The van der Waals surface area contributed by atoms with Gasteiger partial charge >= 0.3 is 0 Å². The highest BCUT2D eigenvalue weighted by molar-refractivity contribution is 5.21. The van der Waals surface area contributed by atoms with Gasteiger partial charge in [0.05, 0.1) is 5.69 Å². The number of hydrogen-bond acceptors (Lipinski definition) is 2. The Bertz CT molecular complexity index is 507. The molecule has 1 heterocycles. The molecule has 18 heavy (non-hydrogen) atoms. The van der Waals surface area contributed by atoms with Crippen molar-refractivity contribution >= 4 is 0 Å². The number of halogens is 1. The Labute approximate surface area is 107 Å². The molecule has 1 atom stereocenters. The van der Waals surface area contributed by atoms with Crippen LogP contribution < -0.4 is 5.32 Å². The lowest BCUT2D eigenvalue weighted by atomic mass is 10.0. The number of nitrogens with zero attached hydrogens (tertiary/aromatic N) is 2. The van der Waals surface area contributed by atoms with Crippen LogP contribution >= 0.6 is 0 Å². The van der Waals surface area contributed by atoms with Gasteiger partial charge in [-0.05, 0) is 18.6 Å². The molecular weight excluding hydrogens is 229 g/mol. The average molecular weight is 247 g/mol. The highest BCUT2D eigenvalue weighted by atomic mass is 19.1. The van der Waals surface area contributed by atoms with Crippen molar-refractivity contribution in [3.8, 4) is 0 Å². The summed E-state index contributed by atoms with van der Waals surface area (Å²) in [6.07, 6.45) is 2.61. The first-order valence-electron chi connectivity index (χ1n) is 6.17. The van der Waals surface area contributed by atoms with Crippen molar-refractivity contribution in [3.05, 3.63) is 53.6 Å². The van der Waals surface area contributed by atoms with Crippen LogP contribution in [0.3, 0.4) is 0 Å². The molecule has 1 aromatic carbocycles. The van der Waals surface area contributed by atoms with Crippen molar-refractivity contribution in [2.45, 2.75) is 25.9 Å². The molecule has 3 nitrogen and oxygen atoms in total. The third kappa shape index (κ3) is 2.76. The minimum absolute atomic E-state index is 0.0288. The Morgan fingerprint density at radius 3 is 2.72 bits per heavy atom. The van der Waals surface area contributed by atoms with Crippen LogP contribution in [0.15, 0.2) is 36.5 Å². The predicted octanol–water partition coefficient (Wildman–Crippen LogP) is 2.80. The summed E-state index contributed by atoms with van der Waals surface area (Å²) in [7, 11) is 1.90. The van der Waals surface area contributed by atoms with E-state index in [-0.39, 0.29) is 11.9 Å². The number of nitrogens with one attached hydrogen (secondary N) is 1. The average Bonchev–Trinajstić information content (AvgIpc) is 2.78. The third-order valence-corrected chi connectivity index (χ3v) is 3.14. The number of aromatic nitrogens is 2. The fraction of sp³-hybridized carbons (Fsp3) is 0.357. The predicted molar refractivity (Wildman–Crippen MR) is 69.5 cm³/mol.